The van der Waals surface area contributed by atoms with Crippen LogP contribution in [0.4, 0.5) is 0 Å². The first-order chi connectivity index (χ1) is 4.61. The first-order valence-corrected chi connectivity index (χ1v) is 4.07. The molecule has 11 heavy (non-hydrogen) atoms. The Labute approximate surface area is 69.8 Å². The molecule has 1 rings (SSSR count). The molecule has 0 fully saturated rings. The van der Waals surface area contributed by atoms with Crippen molar-refractivity contribution in [3.8, 4) is 0 Å². The number of hydrogen-bond acceptors (Lipinski definition) is 2. The van der Waals surface area contributed by atoms with E-state index in [1.807, 2.05) is 0 Å². The van der Waals surface area contributed by atoms with E-state index in [0.717, 1.165) is 0 Å². The Bertz CT molecular complexity index is 306. The molecule has 0 amide bonds. The van der Waals surface area contributed by atoms with Gasteiger partial charge in [0.2, 0.25) is 0 Å². The molecule has 1 aromatic rings. The Balaban J connectivity index is 0.000001000. The second kappa shape index (κ2) is 3.66. The van der Waals surface area contributed by atoms with Gasteiger partial charge in [-0.1, -0.05) is 18.2 Å². The van der Waals surface area contributed by atoms with Crippen LogP contribution < -0.4 is 0 Å². The third kappa shape index (κ3) is 2.83. The molecule has 3 nitrogen and oxygen atoms in total. The summed E-state index contributed by atoms with van der Waals surface area (Å²) in [7, 11) is -4.00. The lowest BCUT2D eigenvalue weighted by Gasteiger charge is -1.92. The van der Waals surface area contributed by atoms with Gasteiger partial charge in [-0.05, 0) is 23.1 Å². The summed E-state index contributed by atoms with van der Waals surface area (Å²) in [6, 6.07) is 7.42. The molecule has 1 N–H and O–H groups in total. The van der Waals surface area contributed by atoms with Crippen molar-refractivity contribution in [2.45, 2.75) is 4.90 Å². The maximum atomic E-state index is 10.4. The largest absolute Gasteiger partial charge is 0.294 e. The first-order valence-electron chi connectivity index (χ1n) is 2.63. The highest BCUT2D eigenvalue weighted by atomic mass is 32.2. The summed E-state index contributed by atoms with van der Waals surface area (Å²) in [5.41, 5.74) is 0. The molecule has 0 aromatic heterocycles. The summed E-state index contributed by atoms with van der Waals surface area (Å²) >= 11 is 0. The fourth-order valence-corrected chi connectivity index (χ4v) is 1.09. The van der Waals surface area contributed by atoms with Crippen LogP contribution in [0, 0.1) is 0 Å². The van der Waals surface area contributed by atoms with E-state index in [9.17, 15) is 8.42 Å². The van der Waals surface area contributed by atoms with Crippen LogP contribution in [0.15, 0.2) is 35.2 Å². The molecule has 0 spiro atoms. The third-order valence-corrected chi connectivity index (χ3v) is 1.91. The van der Waals surface area contributed by atoms with Crippen molar-refractivity contribution < 1.29 is 13.0 Å². The minimum atomic E-state index is -4.00. The summed E-state index contributed by atoms with van der Waals surface area (Å²) in [5.74, 6) is 0. The Morgan fingerprint density at radius 3 is 1.82 bits per heavy atom. The van der Waals surface area contributed by atoms with Gasteiger partial charge in [0.1, 0.15) is 0 Å². The SMILES string of the molecule is O=S(=O)(O)c1ccccc1.[SiH4]. The molecule has 1 aromatic carbocycles. The number of hydrogen-bond donors (Lipinski definition) is 1. The molecule has 0 aliphatic rings. The van der Waals surface area contributed by atoms with E-state index >= 15 is 0 Å². The predicted octanol–water partition coefficient (Wildman–Crippen LogP) is -0.518. The Kier molecular flexibility index (Phi) is 3.44. The standard InChI is InChI=1S/C6H6O3S.H4Si/c7-10(8,9)6-4-2-1-3-5-6;/h1-5H,(H,7,8,9);1H4. The van der Waals surface area contributed by atoms with Gasteiger partial charge in [0.25, 0.3) is 10.1 Å². The highest BCUT2D eigenvalue weighted by Crippen LogP contribution is 2.05. The Hall–Kier alpha value is -0.653. The summed E-state index contributed by atoms with van der Waals surface area (Å²) in [6.07, 6.45) is 0. The van der Waals surface area contributed by atoms with Crippen molar-refractivity contribution in [3.63, 3.8) is 0 Å². The molecule has 62 valence electrons. The van der Waals surface area contributed by atoms with Crippen molar-refractivity contribution in [2.75, 3.05) is 0 Å². The Morgan fingerprint density at radius 1 is 1.09 bits per heavy atom. The molecule has 5 heteroatoms. The van der Waals surface area contributed by atoms with Crippen LogP contribution in [-0.4, -0.2) is 23.9 Å². The molecule has 0 aliphatic heterocycles. The predicted molar refractivity (Wildman–Crippen MR) is 47.6 cm³/mol. The second-order valence-electron chi connectivity index (χ2n) is 1.79. The summed E-state index contributed by atoms with van der Waals surface area (Å²) in [5, 5.41) is 0. The molecule has 0 unspecified atom stereocenters. The Morgan fingerprint density at radius 2 is 1.55 bits per heavy atom. The van der Waals surface area contributed by atoms with Crippen LogP contribution in [0.25, 0.3) is 0 Å². The van der Waals surface area contributed by atoms with Gasteiger partial charge in [-0.2, -0.15) is 8.42 Å². The molecule has 0 atom stereocenters. The van der Waals surface area contributed by atoms with E-state index in [2.05, 4.69) is 0 Å². The van der Waals surface area contributed by atoms with Crippen molar-refractivity contribution in [3.05, 3.63) is 30.3 Å². The molecule has 0 bridgehead atoms. The van der Waals surface area contributed by atoms with Crippen LogP contribution in [0.1, 0.15) is 0 Å². The van der Waals surface area contributed by atoms with Crippen molar-refractivity contribution >= 4 is 21.1 Å². The van der Waals surface area contributed by atoms with Crippen LogP contribution in [0.3, 0.4) is 0 Å². The fraction of sp³-hybridized carbons (Fsp3) is 0. The van der Waals surface area contributed by atoms with Gasteiger partial charge in [0.05, 0.1) is 4.90 Å². The lowest BCUT2D eigenvalue weighted by Crippen LogP contribution is -1.96. The minimum Gasteiger partial charge on any atom is -0.282 e. The van der Waals surface area contributed by atoms with Crippen molar-refractivity contribution in [1.29, 1.82) is 0 Å². The van der Waals surface area contributed by atoms with Gasteiger partial charge in [-0.15, -0.1) is 0 Å². The zero-order valence-electron chi connectivity index (χ0n) is 5.06. The average molecular weight is 190 g/mol. The molecule has 0 saturated carbocycles. The maximum Gasteiger partial charge on any atom is 0.294 e. The van der Waals surface area contributed by atoms with Crippen molar-refractivity contribution in [2.24, 2.45) is 0 Å². The molecular formula is C6H10O3SSi. The normalized spacial score (nSPS) is 10.3. The summed E-state index contributed by atoms with van der Waals surface area (Å²) < 4.78 is 29.2. The van der Waals surface area contributed by atoms with Gasteiger partial charge in [-0.3, -0.25) is 4.55 Å². The maximum absolute atomic E-state index is 10.4. The summed E-state index contributed by atoms with van der Waals surface area (Å²) in [4.78, 5) is -0.0741. The lowest BCUT2D eigenvalue weighted by atomic mass is 10.4. The van der Waals surface area contributed by atoms with E-state index in [0.29, 0.717) is 0 Å². The zero-order valence-corrected chi connectivity index (χ0v) is 5.88. The highest BCUT2D eigenvalue weighted by molar-refractivity contribution is 7.85. The van der Waals surface area contributed by atoms with Gasteiger partial charge in [0, 0.05) is 0 Å². The summed E-state index contributed by atoms with van der Waals surface area (Å²) in [6.45, 7) is 0. The van der Waals surface area contributed by atoms with Crippen LogP contribution in [0.2, 0.25) is 0 Å². The zero-order chi connectivity index (χ0) is 7.61. The quantitative estimate of drug-likeness (QED) is 0.479. The van der Waals surface area contributed by atoms with Gasteiger partial charge in [0.15, 0.2) is 0 Å². The fourth-order valence-electron chi connectivity index (χ4n) is 0.592. The first kappa shape index (κ1) is 10.3. The molecule has 0 heterocycles. The van der Waals surface area contributed by atoms with Gasteiger partial charge >= 0.3 is 0 Å². The van der Waals surface area contributed by atoms with Gasteiger partial charge in [-0.25, -0.2) is 0 Å². The monoisotopic (exact) mass is 190 g/mol. The van der Waals surface area contributed by atoms with E-state index < -0.39 is 10.1 Å². The topological polar surface area (TPSA) is 54.4 Å². The minimum absolute atomic E-state index is 0. The number of rotatable bonds is 1. The molecular weight excluding hydrogens is 180 g/mol. The van der Waals surface area contributed by atoms with Crippen LogP contribution in [0.5, 0.6) is 0 Å². The van der Waals surface area contributed by atoms with E-state index in [-0.39, 0.29) is 15.9 Å². The highest BCUT2D eigenvalue weighted by Gasteiger charge is 2.05. The smallest absolute Gasteiger partial charge is 0.282 e. The van der Waals surface area contributed by atoms with Crippen molar-refractivity contribution in [1.82, 2.24) is 0 Å². The van der Waals surface area contributed by atoms with Gasteiger partial charge < -0.3 is 0 Å². The van der Waals surface area contributed by atoms with Crippen LogP contribution in [-0.2, 0) is 10.1 Å². The second-order valence-corrected chi connectivity index (χ2v) is 3.21. The number of benzene rings is 1. The van der Waals surface area contributed by atoms with E-state index in [1.54, 1.807) is 18.2 Å². The molecule has 0 aliphatic carbocycles. The lowest BCUT2D eigenvalue weighted by molar-refractivity contribution is 0.483. The van der Waals surface area contributed by atoms with E-state index in [1.165, 1.54) is 12.1 Å². The van der Waals surface area contributed by atoms with E-state index in [4.69, 9.17) is 4.55 Å². The third-order valence-electron chi connectivity index (χ3n) is 1.04. The molecule has 0 saturated heterocycles. The van der Waals surface area contributed by atoms with Crippen LogP contribution >= 0.6 is 0 Å². The average Bonchev–Trinajstić information content (AvgIpc) is 1.88. The molecule has 0 radical (unpaired) electrons.